The van der Waals surface area contributed by atoms with Gasteiger partial charge in [-0.15, -0.1) is 0 Å². The van der Waals surface area contributed by atoms with Crippen molar-refractivity contribution in [2.75, 3.05) is 13.7 Å². The molecule has 0 bridgehead atoms. The second-order valence-electron chi connectivity index (χ2n) is 3.35. The minimum absolute atomic E-state index is 0.0870. The zero-order valence-corrected chi connectivity index (χ0v) is 8.24. The fraction of sp³-hybridized carbons (Fsp3) is 0.364. The van der Waals surface area contributed by atoms with E-state index in [9.17, 15) is 4.79 Å². The van der Waals surface area contributed by atoms with Crippen LogP contribution in [-0.4, -0.2) is 19.7 Å². The topological polar surface area (TPSA) is 38.8 Å². The highest BCUT2D eigenvalue weighted by Gasteiger charge is 2.30. The number of hydrogen-bond acceptors (Lipinski definition) is 3. The maximum atomic E-state index is 11.5. The summed E-state index contributed by atoms with van der Waals surface area (Å²) in [7, 11) is 1.40. The molecule has 1 fully saturated rings. The highest BCUT2D eigenvalue weighted by molar-refractivity contribution is 5.92. The minimum atomic E-state index is -0.284. The fourth-order valence-corrected chi connectivity index (χ4v) is 1.57. The van der Waals surface area contributed by atoms with E-state index in [0.717, 1.165) is 11.1 Å². The van der Waals surface area contributed by atoms with Crippen molar-refractivity contribution in [3.05, 3.63) is 34.9 Å². The summed E-state index contributed by atoms with van der Waals surface area (Å²) in [5.74, 6) is -0.284. The first-order chi connectivity index (χ1) is 6.74. The molecule has 1 unspecified atom stereocenters. The average molecular weight is 192 g/mol. The highest BCUT2D eigenvalue weighted by atomic mass is 16.6. The SMILES string of the molecule is COC(=O)c1c(C)cccc1C1CO1. The number of hydrogen-bond donors (Lipinski definition) is 0. The predicted molar refractivity (Wildman–Crippen MR) is 51.2 cm³/mol. The van der Waals surface area contributed by atoms with Gasteiger partial charge in [0.05, 0.1) is 19.3 Å². The number of carbonyl (C=O) groups is 1. The van der Waals surface area contributed by atoms with Crippen LogP contribution in [0.15, 0.2) is 18.2 Å². The van der Waals surface area contributed by atoms with Crippen molar-refractivity contribution in [1.82, 2.24) is 0 Å². The molecule has 0 aromatic heterocycles. The molecule has 14 heavy (non-hydrogen) atoms. The third kappa shape index (κ3) is 1.51. The second kappa shape index (κ2) is 3.42. The molecule has 3 heteroatoms. The number of ether oxygens (including phenoxy) is 2. The molecule has 1 heterocycles. The van der Waals surface area contributed by atoms with Gasteiger partial charge in [-0.25, -0.2) is 4.79 Å². The average Bonchev–Trinajstić information content (AvgIpc) is 2.99. The molecule has 0 N–H and O–H groups in total. The molecule has 1 aliphatic heterocycles. The van der Waals surface area contributed by atoms with Gasteiger partial charge in [-0.05, 0) is 18.1 Å². The Bertz CT molecular complexity index is 367. The maximum Gasteiger partial charge on any atom is 0.338 e. The summed E-state index contributed by atoms with van der Waals surface area (Å²) < 4.78 is 9.92. The first kappa shape index (κ1) is 9.21. The zero-order chi connectivity index (χ0) is 10.1. The molecule has 0 spiro atoms. The maximum absolute atomic E-state index is 11.5. The lowest BCUT2D eigenvalue weighted by molar-refractivity contribution is 0.0598. The van der Waals surface area contributed by atoms with Gasteiger partial charge in [0.2, 0.25) is 0 Å². The molecule has 74 valence electrons. The lowest BCUT2D eigenvalue weighted by atomic mass is 10.00. The van der Waals surface area contributed by atoms with Crippen molar-refractivity contribution in [2.24, 2.45) is 0 Å². The molecule has 0 saturated carbocycles. The van der Waals surface area contributed by atoms with Gasteiger partial charge in [0.25, 0.3) is 0 Å². The van der Waals surface area contributed by atoms with Gasteiger partial charge in [0.1, 0.15) is 6.10 Å². The van der Waals surface area contributed by atoms with Crippen LogP contribution < -0.4 is 0 Å². The standard InChI is InChI=1S/C11H12O3/c1-7-4-3-5-8(9-6-14-9)10(7)11(12)13-2/h3-5,9H,6H2,1-2H3. The second-order valence-corrected chi connectivity index (χ2v) is 3.35. The first-order valence-electron chi connectivity index (χ1n) is 4.53. The van der Waals surface area contributed by atoms with Crippen LogP contribution in [-0.2, 0) is 9.47 Å². The van der Waals surface area contributed by atoms with Crippen molar-refractivity contribution in [1.29, 1.82) is 0 Å². The summed E-state index contributed by atoms with van der Waals surface area (Å²) in [5, 5.41) is 0. The van der Waals surface area contributed by atoms with Crippen LogP contribution >= 0.6 is 0 Å². The molecular formula is C11H12O3. The van der Waals surface area contributed by atoms with E-state index in [-0.39, 0.29) is 12.1 Å². The van der Waals surface area contributed by atoms with E-state index < -0.39 is 0 Å². The van der Waals surface area contributed by atoms with Crippen molar-refractivity contribution >= 4 is 5.97 Å². The minimum Gasteiger partial charge on any atom is -0.465 e. The number of rotatable bonds is 2. The molecule has 1 aromatic rings. The number of epoxide rings is 1. The smallest absolute Gasteiger partial charge is 0.338 e. The van der Waals surface area contributed by atoms with Crippen LogP contribution in [0.2, 0.25) is 0 Å². The highest BCUT2D eigenvalue weighted by Crippen LogP contribution is 2.33. The number of benzene rings is 1. The Hall–Kier alpha value is -1.35. The van der Waals surface area contributed by atoms with E-state index in [1.165, 1.54) is 7.11 Å². The molecule has 2 rings (SSSR count). The van der Waals surface area contributed by atoms with E-state index in [1.807, 2.05) is 25.1 Å². The normalized spacial score (nSPS) is 19.1. The van der Waals surface area contributed by atoms with Gasteiger partial charge < -0.3 is 9.47 Å². The predicted octanol–water partition coefficient (Wildman–Crippen LogP) is 1.85. The molecule has 1 aliphatic rings. The van der Waals surface area contributed by atoms with Gasteiger partial charge in [-0.1, -0.05) is 18.2 Å². The van der Waals surface area contributed by atoms with E-state index in [1.54, 1.807) is 0 Å². The Morgan fingerprint density at radius 2 is 2.29 bits per heavy atom. The summed E-state index contributed by atoms with van der Waals surface area (Å²) in [5.41, 5.74) is 2.53. The quantitative estimate of drug-likeness (QED) is 0.530. The van der Waals surface area contributed by atoms with Gasteiger partial charge in [-0.2, -0.15) is 0 Å². The Labute approximate surface area is 82.6 Å². The fourth-order valence-electron chi connectivity index (χ4n) is 1.57. The third-order valence-electron chi connectivity index (χ3n) is 2.37. The van der Waals surface area contributed by atoms with Gasteiger partial charge >= 0.3 is 5.97 Å². The van der Waals surface area contributed by atoms with E-state index >= 15 is 0 Å². The molecule has 0 amide bonds. The lowest BCUT2D eigenvalue weighted by Gasteiger charge is -2.08. The van der Waals surface area contributed by atoms with Crippen molar-refractivity contribution in [3.63, 3.8) is 0 Å². The number of esters is 1. The van der Waals surface area contributed by atoms with Crippen LogP contribution in [0.25, 0.3) is 0 Å². The number of carbonyl (C=O) groups excluding carboxylic acids is 1. The molecule has 0 aliphatic carbocycles. The van der Waals surface area contributed by atoms with Gasteiger partial charge in [-0.3, -0.25) is 0 Å². The van der Waals surface area contributed by atoms with Gasteiger partial charge in [0.15, 0.2) is 0 Å². The molecule has 1 atom stereocenters. The first-order valence-corrected chi connectivity index (χ1v) is 4.53. The van der Waals surface area contributed by atoms with Crippen LogP contribution in [0.1, 0.15) is 27.6 Å². The number of aryl methyl sites for hydroxylation is 1. The lowest BCUT2D eigenvalue weighted by Crippen LogP contribution is -2.07. The third-order valence-corrected chi connectivity index (χ3v) is 2.37. The van der Waals surface area contributed by atoms with Crippen LogP contribution in [0.5, 0.6) is 0 Å². The van der Waals surface area contributed by atoms with E-state index in [0.29, 0.717) is 12.2 Å². The number of methoxy groups -OCH3 is 1. The summed E-state index contributed by atoms with van der Waals surface area (Å²) in [6.45, 7) is 2.60. The Balaban J connectivity index is 2.47. The summed E-state index contributed by atoms with van der Waals surface area (Å²) in [6.07, 6.45) is 0.0870. The Morgan fingerprint density at radius 3 is 2.86 bits per heavy atom. The summed E-state index contributed by atoms with van der Waals surface area (Å²) in [6, 6.07) is 5.74. The van der Waals surface area contributed by atoms with Crippen molar-refractivity contribution in [3.8, 4) is 0 Å². The van der Waals surface area contributed by atoms with Crippen LogP contribution in [0.3, 0.4) is 0 Å². The Morgan fingerprint density at radius 1 is 1.57 bits per heavy atom. The van der Waals surface area contributed by atoms with Crippen molar-refractivity contribution in [2.45, 2.75) is 13.0 Å². The van der Waals surface area contributed by atoms with Crippen LogP contribution in [0.4, 0.5) is 0 Å². The van der Waals surface area contributed by atoms with Crippen LogP contribution in [0, 0.1) is 6.92 Å². The zero-order valence-electron chi connectivity index (χ0n) is 8.24. The molecule has 3 nitrogen and oxygen atoms in total. The monoisotopic (exact) mass is 192 g/mol. The molecular weight excluding hydrogens is 180 g/mol. The molecule has 1 saturated heterocycles. The largest absolute Gasteiger partial charge is 0.465 e. The summed E-state index contributed by atoms with van der Waals surface area (Å²) >= 11 is 0. The summed E-state index contributed by atoms with van der Waals surface area (Å²) in [4.78, 5) is 11.5. The molecule has 0 radical (unpaired) electrons. The van der Waals surface area contributed by atoms with E-state index in [4.69, 9.17) is 9.47 Å². The van der Waals surface area contributed by atoms with E-state index in [2.05, 4.69) is 0 Å². The Kier molecular flexibility index (Phi) is 2.25. The van der Waals surface area contributed by atoms with Crippen molar-refractivity contribution < 1.29 is 14.3 Å². The molecule has 1 aromatic carbocycles. The van der Waals surface area contributed by atoms with Gasteiger partial charge in [0, 0.05) is 0 Å².